The van der Waals surface area contributed by atoms with Crippen LogP contribution in [0.1, 0.15) is 36.1 Å². The molecule has 0 aromatic heterocycles. The third-order valence-electron chi connectivity index (χ3n) is 6.29. The zero-order valence-corrected chi connectivity index (χ0v) is 21.4. The van der Waals surface area contributed by atoms with Gasteiger partial charge in [-0.3, -0.25) is 9.69 Å². The number of carbonyl (C=O) groups excluding carboxylic acids is 1. The van der Waals surface area contributed by atoms with Crippen LogP contribution in [0.4, 0.5) is 0 Å². The normalized spacial score (nSPS) is 16.9. The average Bonchev–Trinajstić information content (AvgIpc) is 2.82. The molecule has 1 heterocycles. The van der Waals surface area contributed by atoms with E-state index in [-0.39, 0.29) is 11.8 Å². The van der Waals surface area contributed by atoms with Crippen molar-refractivity contribution < 1.29 is 23.7 Å². The summed E-state index contributed by atoms with van der Waals surface area (Å²) in [6.07, 6.45) is 3.89. The lowest BCUT2D eigenvalue weighted by Crippen LogP contribution is -2.41. The Kier molecular flexibility index (Phi) is 8.05. The molecule has 1 aliphatic heterocycles. The maximum atomic E-state index is 13.6. The Balaban J connectivity index is 2.07. The number of ether oxygens (including phenoxy) is 4. The van der Waals surface area contributed by atoms with Crippen LogP contribution in [-0.2, 0) is 4.79 Å². The van der Waals surface area contributed by atoms with Crippen molar-refractivity contribution in [2.24, 2.45) is 0 Å². The van der Waals surface area contributed by atoms with E-state index in [4.69, 9.17) is 18.9 Å². The fourth-order valence-corrected chi connectivity index (χ4v) is 4.17. The number of benzene rings is 2. The fourth-order valence-electron chi connectivity index (χ4n) is 4.17. The molecule has 0 bridgehead atoms. The van der Waals surface area contributed by atoms with Crippen LogP contribution in [0.5, 0.6) is 23.0 Å². The fraction of sp³-hybridized carbons (Fsp3) is 0.393. The molecule has 0 spiro atoms. The van der Waals surface area contributed by atoms with Gasteiger partial charge in [0.05, 0.1) is 28.4 Å². The Morgan fingerprint density at radius 3 is 1.68 bits per heavy atom. The summed E-state index contributed by atoms with van der Waals surface area (Å²) in [6, 6.07) is 8.07. The van der Waals surface area contributed by atoms with Crippen LogP contribution < -0.4 is 18.9 Å². The molecule has 34 heavy (non-hydrogen) atoms. The number of piperidine rings is 1. The van der Waals surface area contributed by atoms with Gasteiger partial charge in [0.25, 0.3) is 0 Å². The molecule has 0 unspecified atom stereocenters. The number of nitrogens with zero attached hydrogens (tertiary/aromatic N) is 1. The second-order valence-corrected chi connectivity index (χ2v) is 8.79. The molecule has 1 fully saturated rings. The molecule has 3 rings (SSSR count). The Labute approximate surface area is 202 Å². The zero-order chi connectivity index (χ0) is 25.0. The van der Waals surface area contributed by atoms with Gasteiger partial charge in [-0.1, -0.05) is 6.07 Å². The number of Topliss-reactive ketones (excluding diaryl/α,β-unsaturated/α-hetero) is 1. The summed E-state index contributed by atoms with van der Waals surface area (Å²) in [5.41, 5.74) is 5.48. The number of hydrogen-bond acceptors (Lipinski definition) is 6. The quantitative estimate of drug-likeness (QED) is 0.531. The molecule has 0 radical (unpaired) electrons. The van der Waals surface area contributed by atoms with Gasteiger partial charge in [0, 0.05) is 30.3 Å². The van der Waals surface area contributed by atoms with E-state index >= 15 is 0 Å². The number of hydrogen-bond donors (Lipinski definition) is 0. The summed E-state index contributed by atoms with van der Waals surface area (Å²) in [5.74, 6) is 2.49. The van der Waals surface area contributed by atoms with Crippen molar-refractivity contribution in [3.63, 3.8) is 0 Å². The molecule has 1 saturated heterocycles. The molecule has 2 aromatic carbocycles. The van der Waals surface area contributed by atoms with Crippen LogP contribution in [0.15, 0.2) is 35.4 Å². The highest BCUT2D eigenvalue weighted by Crippen LogP contribution is 2.39. The molecule has 6 heteroatoms. The molecule has 182 valence electrons. The van der Waals surface area contributed by atoms with E-state index in [0.717, 1.165) is 39.1 Å². The zero-order valence-electron chi connectivity index (χ0n) is 21.4. The van der Waals surface area contributed by atoms with Gasteiger partial charge in [0.1, 0.15) is 5.75 Å². The van der Waals surface area contributed by atoms with Crippen molar-refractivity contribution in [2.75, 3.05) is 41.5 Å². The van der Waals surface area contributed by atoms with Crippen molar-refractivity contribution in [3.8, 4) is 23.0 Å². The van der Waals surface area contributed by atoms with Gasteiger partial charge in [0.2, 0.25) is 5.75 Å². The Hall–Kier alpha value is -3.25. The monoisotopic (exact) mass is 465 g/mol. The third-order valence-corrected chi connectivity index (χ3v) is 6.29. The summed E-state index contributed by atoms with van der Waals surface area (Å²) >= 11 is 0. The number of aryl methyl sites for hydroxylation is 1. The molecular formula is C28H35NO5. The molecule has 0 N–H and O–H groups in total. The summed E-state index contributed by atoms with van der Waals surface area (Å²) in [5, 5.41) is 0. The first-order valence-corrected chi connectivity index (χ1v) is 11.4. The van der Waals surface area contributed by atoms with Gasteiger partial charge in [-0.15, -0.1) is 0 Å². The largest absolute Gasteiger partial charge is 0.496 e. The first kappa shape index (κ1) is 25.4. The molecule has 6 nitrogen and oxygen atoms in total. The van der Waals surface area contributed by atoms with E-state index in [1.807, 2.05) is 37.3 Å². The highest BCUT2D eigenvalue weighted by Gasteiger charge is 2.28. The maximum Gasteiger partial charge on any atom is 0.203 e. The smallest absolute Gasteiger partial charge is 0.203 e. The SMILES string of the molecule is COc1cc(/C=C2\CN(C(C)C)C/C(=C\c3cc(OC)c(OC)c(OC)c3)C2=O)cc(C)c1C. The van der Waals surface area contributed by atoms with Crippen LogP contribution in [0, 0.1) is 13.8 Å². The lowest BCUT2D eigenvalue weighted by atomic mass is 9.92. The molecule has 0 amide bonds. The van der Waals surface area contributed by atoms with E-state index in [2.05, 4.69) is 31.7 Å². The Bertz CT molecular complexity index is 1100. The van der Waals surface area contributed by atoms with Crippen molar-refractivity contribution in [2.45, 2.75) is 33.7 Å². The highest BCUT2D eigenvalue weighted by atomic mass is 16.5. The maximum absolute atomic E-state index is 13.6. The van der Waals surface area contributed by atoms with Crippen LogP contribution in [-0.4, -0.2) is 58.3 Å². The van der Waals surface area contributed by atoms with E-state index in [1.165, 1.54) is 0 Å². The van der Waals surface area contributed by atoms with E-state index in [0.29, 0.717) is 30.3 Å². The van der Waals surface area contributed by atoms with Gasteiger partial charge in [0.15, 0.2) is 17.3 Å². The Morgan fingerprint density at radius 1 is 0.765 bits per heavy atom. The molecule has 0 aliphatic carbocycles. The van der Waals surface area contributed by atoms with Crippen molar-refractivity contribution in [1.82, 2.24) is 4.90 Å². The van der Waals surface area contributed by atoms with Gasteiger partial charge in [-0.2, -0.15) is 0 Å². The van der Waals surface area contributed by atoms with E-state index in [9.17, 15) is 4.79 Å². The predicted octanol–water partition coefficient (Wildman–Crippen LogP) is 5.10. The number of ketones is 1. The van der Waals surface area contributed by atoms with E-state index in [1.54, 1.807) is 28.4 Å². The van der Waals surface area contributed by atoms with Gasteiger partial charge in [-0.25, -0.2) is 0 Å². The molecule has 1 aliphatic rings. The molecule has 0 atom stereocenters. The van der Waals surface area contributed by atoms with E-state index < -0.39 is 0 Å². The number of rotatable bonds is 7. The summed E-state index contributed by atoms with van der Waals surface area (Å²) in [6.45, 7) is 9.54. The summed E-state index contributed by atoms with van der Waals surface area (Å²) in [4.78, 5) is 15.8. The van der Waals surface area contributed by atoms with Crippen molar-refractivity contribution >= 4 is 17.9 Å². The third kappa shape index (κ3) is 5.28. The minimum Gasteiger partial charge on any atom is -0.496 e. The number of likely N-dealkylation sites (tertiary alicyclic amines) is 1. The second kappa shape index (κ2) is 10.8. The van der Waals surface area contributed by atoms with Gasteiger partial charge in [-0.05, 0) is 80.3 Å². The summed E-state index contributed by atoms with van der Waals surface area (Å²) < 4.78 is 21.9. The Morgan fingerprint density at radius 2 is 1.24 bits per heavy atom. The van der Waals surface area contributed by atoms with Gasteiger partial charge >= 0.3 is 0 Å². The van der Waals surface area contributed by atoms with Crippen LogP contribution in [0.2, 0.25) is 0 Å². The number of carbonyl (C=O) groups is 1. The number of methoxy groups -OCH3 is 4. The van der Waals surface area contributed by atoms with Crippen LogP contribution >= 0.6 is 0 Å². The average molecular weight is 466 g/mol. The van der Waals surface area contributed by atoms with Crippen molar-refractivity contribution in [3.05, 3.63) is 57.7 Å². The van der Waals surface area contributed by atoms with Crippen molar-refractivity contribution in [1.29, 1.82) is 0 Å². The first-order valence-electron chi connectivity index (χ1n) is 11.4. The lowest BCUT2D eigenvalue weighted by Gasteiger charge is -2.33. The highest BCUT2D eigenvalue weighted by molar-refractivity contribution is 6.14. The lowest BCUT2D eigenvalue weighted by molar-refractivity contribution is -0.113. The minimum absolute atomic E-state index is 0.0443. The molecule has 2 aromatic rings. The second-order valence-electron chi connectivity index (χ2n) is 8.79. The van der Waals surface area contributed by atoms with Gasteiger partial charge < -0.3 is 18.9 Å². The predicted molar refractivity (Wildman–Crippen MR) is 136 cm³/mol. The first-order chi connectivity index (χ1) is 16.2. The topological polar surface area (TPSA) is 57.2 Å². The van der Waals surface area contributed by atoms with Crippen LogP contribution in [0.3, 0.4) is 0 Å². The van der Waals surface area contributed by atoms with Crippen LogP contribution in [0.25, 0.3) is 12.2 Å². The minimum atomic E-state index is 0.0443. The summed E-state index contributed by atoms with van der Waals surface area (Å²) in [7, 11) is 6.41. The standard InChI is InChI=1S/C28H35NO5/c1-17(2)29-15-22(10-20-9-18(3)19(4)24(12-20)31-5)27(30)23(16-29)11-21-13-25(32-6)28(34-8)26(14-21)33-7/h9-14,17H,15-16H2,1-8H3/b22-10+,23-11+. The molecular weight excluding hydrogens is 430 g/mol. The molecule has 0 saturated carbocycles.